The van der Waals surface area contributed by atoms with Crippen LogP contribution in [0.5, 0.6) is 0 Å². The highest BCUT2D eigenvalue weighted by Gasteiger charge is 2.35. The fraction of sp³-hybridized carbons (Fsp3) is 0.194. The molecule has 11 heteroatoms. The molecule has 0 amide bonds. The maximum absolute atomic E-state index is 12.8. The van der Waals surface area contributed by atoms with Crippen molar-refractivity contribution in [1.29, 1.82) is 0 Å². The number of carbonyl (C=O) groups is 1. The predicted molar refractivity (Wildman–Crippen MR) is 153 cm³/mol. The van der Waals surface area contributed by atoms with Gasteiger partial charge >= 0.3 is 12.4 Å². The number of nitrogen functional groups attached to an aromatic ring is 4. The molecule has 1 aliphatic rings. The van der Waals surface area contributed by atoms with E-state index in [1.807, 2.05) is 38.1 Å². The van der Waals surface area contributed by atoms with Gasteiger partial charge in [-0.2, -0.15) is 26.3 Å². The molecule has 0 saturated heterocycles. The summed E-state index contributed by atoms with van der Waals surface area (Å²) in [7, 11) is 0. The van der Waals surface area contributed by atoms with Crippen LogP contribution in [0.1, 0.15) is 33.4 Å². The number of anilines is 4. The van der Waals surface area contributed by atoms with E-state index in [4.69, 9.17) is 22.9 Å². The van der Waals surface area contributed by atoms with Crippen LogP contribution in [0.15, 0.2) is 60.7 Å². The van der Waals surface area contributed by atoms with Crippen LogP contribution in [-0.4, -0.2) is 5.78 Å². The molecule has 4 aromatic carbocycles. The molecule has 0 radical (unpaired) electrons. The van der Waals surface area contributed by atoms with E-state index in [0.717, 1.165) is 45.5 Å². The van der Waals surface area contributed by atoms with Crippen molar-refractivity contribution in [1.82, 2.24) is 0 Å². The first-order chi connectivity index (χ1) is 19.5. The van der Waals surface area contributed by atoms with Gasteiger partial charge in [-0.15, -0.1) is 0 Å². The zero-order valence-electron chi connectivity index (χ0n) is 22.7. The van der Waals surface area contributed by atoms with E-state index in [-0.39, 0.29) is 16.9 Å². The van der Waals surface area contributed by atoms with Crippen LogP contribution in [-0.2, 0) is 30.0 Å². The van der Waals surface area contributed by atoms with Crippen molar-refractivity contribution in [3.63, 3.8) is 0 Å². The Morgan fingerprint density at radius 2 is 0.929 bits per heavy atom. The summed E-state index contributed by atoms with van der Waals surface area (Å²) in [6, 6.07) is 13.6. The van der Waals surface area contributed by atoms with Gasteiger partial charge in [-0.3, -0.25) is 4.79 Å². The van der Waals surface area contributed by atoms with Crippen molar-refractivity contribution in [2.75, 3.05) is 22.9 Å². The summed E-state index contributed by atoms with van der Waals surface area (Å²) in [6.07, 6.45) is -8.51. The summed E-state index contributed by atoms with van der Waals surface area (Å²) < 4.78 is 76.8. The highest BCUT2D eigenvalue weighted by Crippen LogP contribution is 2.40. The van der Waals surface area contributed by atoms with E-state index < -0.39 is 34.9 Å². The Kier molecular flexibility index (Phi) is 7.90. The van der Waals surface area contributed by atoms with Crippen LogP contribution in [0, 0.1) is 13.8 Å². The zero-order valence-corrected chi connectivity index (χ0v) is 22.7. The van der Waals surface area contributed by atoms with E-state index in [1.54, 1.807) is 0 Å². The summed E-state index contributed by atoms with van der Waals surface area (Å²) in [5.74, 6) is 0.208. The van der Waals surface area contributed by atoms with Gasteiger partial charge in [0.1, 0.15) is 5.78 Å². The number of aryl methyl sites for hydroxylation is 2. The van der Waals surface area contributed by atoms with Crippen LogP contribution in [0.2, 0.25) is 0 Å². The third-order valence-electron chi connectivity index (χ3n) is 6.96. The van der Waals surface area contributed by atoms with Crippen molar-refractivity contribution in [3.05, 3.63) is 94.0 Å². The van der Waals surface area contributed by atoms with Gasteiger partial charge in [0.25, 0.3) is 0 Å². The number of benzene rings is 4. The highest BCUT2D eigenvalue weighted by molar-refractivity contribution is 5.93. The monoisotopic (exact) mass is 586 g/mol. The van der Waals surface area contributed by atoms with Gasteiger partial charge in [0.2, 0.25) is 0 Å². The van der Waals surface area contributed by atoms with E-state index in [1.165, 1.54) is 12.1 Å². The Hall–Kier alpha value is -4.67. The van der Waals surface area contributed by atoms with Crippen LogP contribution in [0.4, 0.5) is 49.1 Å². The molecule has 0 saturated carbocycles. The number of alkyl halides is 6. The SMILES string of the molecule is Cc1cc(N)cc2c1-c1c(C)cc(N)cc1CC(=O)C2.Nc1ccc(-c2ccc(N)c(C(F)(F)F)c2)cc1C(F)(F)F. The lowest BCUT2D eigenvalue weighted by Gasteiger charge is -2.16. The molecule has 0 atom stereocenters. The standard InChI is InChI=1S/C17H18N2O.C14H10F6N2/c1-9-3-13(18)5-11-7-15(20)8-12-6-14(19)4-10(2)17(12)16(9)11;15-13(16,17)9-5-7(1-3-11(9)21)8-2-4-12(22)10(6-8)14(18,19)20/h3-6H,7-8,18-19H2,1-2H3;1-6H,21-22H2. The molecule has 5 rings (SSSR count). The third-order valence-corrected chi connectivity index (χ3v) is 6.96. The first-order valence-electron chi connectivity index (χ1n) is 12.7. The number of rotatable bonds is 1. The molecule has 0 aliphatic heterocycles. The Morgan fingerprint density at radius 1 is 0.571 bits per heavy atom. The summed E-state index contributed by atoms with van der Waals surface area (Å²) in [5, 5.41) is 0. The second-order valence-electron chi connectivity index (χ2n) is 10.2. The van der Waals surface area contributed by atoms with E-state index >= 15 is 0 Å². The van der Waals surface area contributed by atoms with E-state index in [0.29, 0.717) is 36.3 Å². The largest absolute Gasteiger partial charge is 0.418 e. The summed E-state index contributed by atoms with van der Waals surface area (Å²) in [4.78, 5) is 12.2. The molecular weight excluding hydrogens is 558 g/mol. The van der Waals surface area contributed by atoms with Crippen LogP contribution < -0.4 is 22.9 Å². The van der Waals surface area contributed by atoms with Crippen LogP contribution >= 0.6 is 0 Å². The first-order valence-corrected chi connectivity index (χ1v) is 12.7. The average molecular weight is 587 g/mol. The van der Waals surface area contributed by atoms with Crippen LogP contribution in [0.25, 0.3) is 22.3 Å². The number of nitrogens with two attached hydrogens (primary N) is 4. The van der Waals surface area contributed by atoms with E-state index in [2.05, 4.69) is 0 Å². The van der Waals surface area contributed by atoms with Crippen molar-refractivity contribution in [3.8, 4) is 22.3 Å². The third kappa shape index (κ3) is 6.29. The van der Waals surface area contributed by atoms with Gasteiger partial charge < -0.3 is 22.9 Å². The molecule has 1 aliphatic carbocycles. The minimum Gasteiger partial charge on any atom is -0.399 e. The lowest BCUT2D eigenvalue weighted by molar-refractivity contribution is -0.137. The first kappa shape index (κ1) is 30.3. The number of carbonyl (C=O) groups excluding carboxylic acids is 1. The molecule has 0 heterocycles. The van der Waals surface area contributed by atoms with Crippen molar-refractivity contribution in [2.24, 2.45) is 0 Å². The van der Waals surface area contributed by atoms with Gasteiger partial charge in [0, 0.05) is 35.6 Å². The van der Waals surface area contributed by atoms with Crippen LogP contribution in [0.3, 0.4) is 0 Å². The maximum atomic E-state index is 12.8. The number of fused-ring (bicyclic) bond motifs is 3. The van der Waals surface area contributed by atoms with Crippen molar-refractivity contribution >= 4 is 28.5 Å². The van der Waals surface area contributed by atoms with Crippen molar-refractivity contribution in [2.45, 2.75) is 39.0 Å². The summed E-state index contributed by atoms with van der Waals surface area (Å²) >= 11 is 0. The number of ketones is 1. The fourth-order valence-corrected chi connectivity index (χ4v) is 5.23. The predicted octanol–water partition coefficient (Wildman–Crippen LogP) is 7.36. The number of hydrogen-bond donors (Lipinski definition) is 4. The molecule has 0 unspecified atom stereocenters. The second-order valence-corrected chi connectivity index (χ2v) is 10.2. The fourth-order valence-electron chi connectivity index (χ4n) is 5.23. The molecular formula is C31H28F6N4O. The zero-order chi connectivity index (χ0) is 31.1. The van der Waals surface area contributed by atoms with Gasteiger partial charge in [-0.1, -0.05) is 12.1 Å². The average Bonchev–Trinajstić information content (AvgIpc) is 2.99. The Bertz CT molecular complexity index is 1570. The molecule has 220 valence electrons. The summed E-state index contributed by atoms with van der Waals surface area (Å²) in [6.45, 7) is 4.09. The smallest absolute Gasteiger partial charge is 0.399 e. The molecule has 0 fully saturated rings. The number of halogens is 6. The Morgan fingerprint density at radius 3 is 1.26 bits per heavy atom. The lowest BCUT2D eigenvalue weighted by Crippen LogP contribution is -2.10. The normalized spacial score (nSPS) is 13.0. The van der Waals surface area contributed by atoms with Gasteiger partial charge in [0.15, 0.2) is 0 Å². The van der Waals surface area contributed by atoms with Gasteiger partial charge in [0.05, 0.1) is 11.1 Å². The Labute approximate surface area is 238 Å². The molecule has 0 spiro atoms. The van der Waals surface area contributed by atoms with E-state index in [9.17, 15) is 31.1 Å². The number of hydrogen-bond acceptors (Lipinski definition) is 5. The molecule has 4 aromatic rings. The second kappa shape index (κ2) is 11.0. The molecule has 42 heavy (non-hydrogen) atoms. The maximum Gasteiger partial charge on any atom is 0.418 e. The van der Waals surface area contributed by atoms with Crippen molar-refractivity contribution < 1.29 is 31.1 Å². The van der Waals surface area contributed by atoms with Gasteiger partial charge in [-0.05, 0) is 107 Å². The molecule has 8 N–H and O–H groups in total. The van der Waals surface area contributed by atoms with Gasteiger partial charge in [-0.25, -0.2) is 0 Å². The molecule has 5 nitrogen and oxygen atoms in total. The minimum atomic E-state index is -4.69. The Balaban J connectivity index is 0.000000193. The molecule has 0 aromatic heterocycles. The summed E-state index contributed by atoms with van der Waals surface area (Å²) in [5.41, 5.74) is 27.1. The quantitative estimate of drug-likeness (QED) is 0.137. The highest BCUT2D eigenvalue weighted by atomic mass is 19.4. The number of Topliss-reactive ketones (excluding diaryl/α,β-unsaturated/α-hetero) is 1. The minimum absolute atomic E-state index is 0.0352. The topological polar surface area (TPSA) is 121 Å². The lowest BCUT2D eigenvalue weighted by atomic mass is 9.89. The molecule has 0 bridgehead atoms.